The fraction of sp³-hybridized carbons (Fsp3) is 0.625. The summed E-state index contributed by atoms with van der Waals surface area (Å²) in [6.45, 7) is 6.56. The first-order valence-corrected chi connectivity index (χ1v) is 7.39. The Labute approximate surface area is 125 Å². The Hall–Kier alpha value is -1.07. The Bertz CT molecular complexity index is 471. The summed E-state index contributed by atoms with van der Waals surface area (Å²) < 4.78 is 41.0. The number of hydrogen-bond acceptors (Lipinski definition) is 2. The molecule has 2 nitrogen and oxygen atoms in total. The molecule has 0 radical (unpaired) electrons. The molecular weight excluding hydrogens is 277 g/mol. The van der Waals surface area contributed by atoms with E-state index in [4.69, 9.17) is 0 Å². The fourth-order valence-corrected chi connectivity index (χ4v) is 3.11. The highest BCUT2D eigenvalue weighted by molar-refractivity contribution is 5.27. The molecule has 0 spiro atoms. The summed E-state index contributed by atoms with van der Waals surface area (Å²) in [6, 6.07) is 1.91. The summed E-state index contributed by atoms with van der Waals surface area (Å²) in [5.41, 5.74) is -0.200. The predicted octanol–water partition coefficient (Wildman–Crippen LogP) is 3.87. The van der Waals surface area contributed by atoms with Crippen molar-refractivity contribution in [2.24, 2.45) is 0 Å². The van der Waals surface area contributed by atoms with Gasteiger partial charge in [0.05, 0.1) is 6.04 Å². The minimum atomic E-state index is -1.41. The summed E-state index contributed by atoms with van der Waals surface area (Å²) in [7, 11) is 3.85. The maximum atomic E-state index is 14.2. The Morgan fingerprint density at radius 1 is 1.05 bits per heavy atom. The minimum Gasteiger partial charge on any atom is -0.309 e. The van der Waals surface area contributed by atoms with Crippen molar-refractivity contribution in [3.63, 3.8) is 0 Å². The van der Waals surface area contributed by atoms with Crippen LogP contribution in [-0.4, -0.2) is 31.1 Å². The number of hydrogen-bond donors (Lipinski definition) is 1. The van der Waals surface area contributed by atoms with Crippen molar-refractivity contribution in [1.82, 2.24) is 10.2 Å². The molecule has 0 aromatic heterocycles. The van der Waals surface area contributed by atoms with Crippen molar-refractivity contribution in [2.75, 3.05) is 20.6 Å². The highest BCUT2D eigenvalue weighted by Gasteiger charge is 2.40. The normalized spacial score (nSPS) is 13.8. The van der Waals surface area contributed by atoms with Gasteiger partial charge in [-0.25, -0.2) is 13.2 Å². The van der Waals surface area contributed by atoms with Gasteiger partial charge >= 0.3 is 0 Å². The molecule has 21 heavy (non-hydrogen) atoms. The van der Waals surface area contributed by atoms with Crippen molar-refractivity contribution >= 4 is 0 Å². The summed E-state index contributed by atoms with van der Waals surface area (Å²) in [5, 5.41) is 3.24. The first-order valence-electron chi connectivity index (χ1n) is 7.39. The van der Waals surface area contributed by atoms with Crippen LogP contribution >= 0.6 is 0 Å². The van der Waals surface area contributed by atoms with Crippen LogP contribution in [-0.2, 0) is 0 Å². The van der Waals surface area contributed by atoms with Crippen LogP contribution in [0.4, 0.5) is 13.2 Å². The van der Waals surface area contributed by atoms with Gasteiger partial charge in [0.15, 0.2) is 17.5 Å². The maximum Gasteiger partial charge on any atom is 0.194 e. The molecule has 5 heteroatoms. The van der Waals surface area contributed by atoms with Gasteiger partial charge in [0.2, 0.25) is 0 Å². The Morgan fingerprint density at radius 3 is 2.05 bits per heavy atom. The molecule has 0 aliphatic heterocycles. The van der Waals surface area contributed by atoms with Crippen LogP contribution in [0, 0.1) is 17.5 Å². The maximum absolute atomic E-state index is 14.2. The van der Waals surface area contributed by atoms with Crippen LogP contribution < -0.4 is 5.32 Å². The zero-order chi connectivity index (χ0) is 16.2. The molecule has 1 unspecified atom stereocenters. The largest absolute Gasteiger partial charge is 0.309 e. The van der Waals surface area contributed by atoms with Gasteiger partial charge in [0, 0.05) is 11.1 Å². The van der Waals surface area contributed by atoms with E-state index in [1.165, 1.54) is 6.07 Å². The molecule has 0 fully saturated rings. The minimum absolute atomic E-state index is 0.174. The highest BCUT2D eigenvalue weighted by atomic mass is 19.2. The van der Waals surface area contributed by atoms with Gasteiger partial charge in [0.1, 0.15) is 0 Å². The third-order valence-electron chi connectivity index (χ3n) is 4.44. The molecule has 1 aromatic rings. The van der Waals surface area contributed by atoms with Crippen molar-refractivity contribution in [1.29, 1.82) is 0 Å². The molecule has 0 saturated heterocycles. The second-order valence-electron chi connectivity index (χ2n) is 5.46. The average molecular weight is 302 g/mol. The SMILES string of the molecule is CCNC(c1ccc(F)c(F)c1F)C(CC)(CC)N(C)C. The Morgan fingerprint density at radius 2 is 1.62 bits per heavy atom. The third kappa shape index (κ3) is 3.24. The fourth-order valence-electron chi connectivity index (χ4n) is 3.11. The molecule has 120 valence electrons. The summed E-state index contributed by atoms with van der Waals surface area (Å²) in [5.74, 6) is -3.67. The lowest BCUT2D eigenvalue weighted by Gasteiger charge is -2.45. The smallest absolute Gasteiger partial charge is 0.194 e. The van der Waals surface area contributed by atoms with Gasteiger partial charge in [-0.2, -0.15) is 0 Å². The second kappa shape index (κ2) is 7.27. The summed E-state index contributed by atoms with van der Waals surface area (Å²) in [4.78, 5) is 2.03. The van der Waals surface area contributed by atoms with Crippen LogP contribution in [0.25, 0.3) is 0 Å². The molecular formula is C16H25F3N2. The van der Waals surface area contributed by atoms with Crippen molar-refractivity contribution < 1.29 is 13.2 Å². The van der Waals surface area contributed by atoms with Crippen molar-refractivity contribution in [3.05, 3.63) is 35.1 Å². The lowest BCUT2D eigenvalue weighted by Crippen LogP contribution is -2.53. The number of rotatable bonds is 7. The number of nitrogens with zero attached hydrogens (tertiary/aromatic N) is 1. The second-order valence-corrected chi connectivity index (χ2v) is 5.46. The zero-order valence-corrected chi connectivity index (χ0v) is 13.4. The first-order chi connectivity index (χ1) is 9.85. The van der Waals surface area contributed by atoms with E-state index in [1.54, 1.807) is 0 Å². The topological polar surface area (TPSA) is 15.3 Å². The van der Waals surface area contributed by atoms with Crippen LogP contribution in [0.1, 0.15) is 45.2 Å². The number of benzene rings is 1. The van der Waals surface area contributed by atoms with Gasteiger partial charge in [-0.05, 0) is 39.5 Å². The molecule has 1 N–H and O–H groups in total. The quantitative estimate of drug-likeness (QED) is 0.769. The molecule has 1 rings (SSSR count). The first kappa shape index (κ1) is 18.0. The molecule has 0 aliphatic carbocycles. The van der Waals surface area contributed by atoms with Gasteiger partial charge in [-0.1, -0.05) is 26.8 Å². The Balaban J connectivity index is 3.45. The van der Waals surface area contributed by atoms with Crippen LogP contribution in [0.5, 0.6) is 0 Å². The third-order valence-corrected chi connectivity index (χ3v) is 4.44. The number of halogens is 3. The average Bonchev–Trinajstić information content (AvgIpc) is 2.46. The lowest BCUT2D eigenvalue weighted by atomic mass is 9.79. The van der Waals surface area contributed by atoms with E-state index in [1.807, 2.05) is 39.8 Å². The van der Waals surface area contributed by atoms with Gasteiger partial charge in [-0.3, -0.25) is 0 Å². The van der Waals surface area contributed by atoms with Crippen LogP contribution in [0.2, 0.25) is 0 Å². The molecule has 0 aliphatic rings. The molecule has 0 heterocycles. The van der Waals surface area contributed by atoms with Gasteiger partial charge < -0.3 is 10.2 Å². The lowest BCUT2D eigenvalue weighted by molar-refractivity contribution is 0.0867. The molecule has 0 saturated carbocycles. The molecule has 1 atom stereocenters. The zero-order valence-electron chi connectivity index (χ0n) is 13.4. The van der Waals surface area contributed by atoms with Crippen LogP contribution in [0.3, 0.4) is 0 Å². The van der Waals surface area contributed by atoms with E-state index in [-0.39, 0.29) is 11.1 Å². The van der Waals surface area contributed by atoms with E-state index in [0.29, 0.717) is 6.54 Å². The number of likely N-dealkylation sites (N-methyl/N-ethyl adjacent to an activating group) is 2. The Kier molecular flexibility index (Phi) is 6.23. The summed E-state index contributed by atoms with van der Waals surface area (Å²) in [6.07, 6.45) is 1.51. The van der Waals surface area contributed by atoms with Crippen molar-refractivity contribution in [3.8, 4) is 0 Å². The highest BCUT2D eigenvalue weighted by Crippen LogP contribution is 2.37. The summed E-state index contributed by atoms with van der Waals surface area (Å²) >= 11 is 0. The predicted molar refractivity (Wildman–Crippen MR) is 79.7 cm³/mol. The van der Waals surface area contributed by atoms with Crippen molar-refractivity contribution in [2.45, 2.75) is 45.2 Å². The van der Waals surface area contributed by atoms with E-state index in [0.717, 1.165) is 18.9 Å². The van der Waals surface area contributed by atoms with E-state index in [9.17, 15) is 13.2 Å². The molecule has 0 bridgehead atoms. The monoisotopic (exact) mass is 302 g/mol. The van der Waals surface area contributed by atoms with E-state index in [2.05, 4.69) is 5.32 Å². The molecule has 1 aromatic carbocycles. The molecule has 0 amide bonds. The van der Waals surface area contributed by atoms with Gasteiger partial charge in [-0.15, -0.1) is 0 Å². The standard InChI is InChI=1S/C16H25F3N2/c1-6-16(7-2,21(4)5)15(20-8-3)11-9-10-12(17)14(19)13(11)18/h9-10,15,20H,6-8H2,1-5H3. The number of nitrogens with one attached hydrogen (secondary N) is 1. The van der Waals surface area contributed by atoms with E-state index >= 15 is 0 Å². The van der Waals surface area contributed by atoms with Gasteiger partial charge in [0.25, 0.3) is 0 Å². The van der Waals surface area contributed by atoms with E-state index < -0.39 is 23.5 Å². The van der Waals surface area contributed by atoms with Crippen LogP contribution in [0.15, 0.2) is 12.1 Å².